The Labute approximate surface area is 74.5 Å². The topological polar surface area (TPSA) is 17.1 Å². The van der Waals surface area contributed by atoms with E-state index >= 15 is 0 Å². The van der Waals surface area contributed by atoms with Crippen LogP contribution in [0.4, 0.5) is 0 Å². The molecule has 2 rings (SSSR count). The summed E-state index contributed by atoms with van der Waals surface area (Å²) in [7, 11) is 0. The third-order valence-corrected chi connectivity index (χ3v) is 3.99. The molecule has 0 aromatic rings. The molecule has 0 amide bonds. The van der Waals surface area contributed by atoms with Gasteiger partial charge in [-0.05, 0) is 30.6 Å². The molecule has 2 atom stereocenters. The summed E-state index contributed by atoms with van der Waals surface area (Å²) >= 11 is 0. The molecule has 1 nitrogen and oxygen atoms in total. The molecule has 68 valence electrons. The molecular formula is C11H18O. The summed E-state index contributed by atoms with van der Waals surface area (Å²) in [6, 6.07) is 0. The van der Waals surface area contributed by atoms with E-state index in [1.165, 1.54) is 25.7 Å². The molecule has 1 unspecified atom stereocenters. The van der Waals surface area contributed by atoms with Crippen LogP contribution in [0.2, 0.25) is 0 Å². The van der Waals surface area contributed by atoms with Crippen LogP contribution in [0, 0.1) is 11.3 Å². The van der Waals surface area contributed by atoms with E-state index in [2.05, 4.69) is 6.92 Å². The van der Waals surface area contributed by atoms with Crippen LogP contribution < -0.4 is 0 Å². The highest BCUT2D eigenvalue weighted by molar-refractivity contribution is 5.79. The van der Waals surface area contributed by atoms with Gasteiger partial charge in [0.15, 0.2) is 0 Å². The Morgan fingerprint density at radius 3 is 3.00 bits per heavy atom. The quantitative estimate of drug-likeness (QED) is 0.540. The predicted molar refractivity (Wildman–Crippen MR) is 48.9 cm³/mol. The van der Waals surface area contributed by atoms with Crippen LogP contribution in [-0.2, 0) is 4.79 Å². The van der Waals surface area contributed by atoms with Crippen molar-refractivity contribution in [1.29, 1.82) is 0 Å². The molecule has 0 aromatic heterocycles. The lowest BCUT2D eigenvalue weighted by Gasteiger charge is -2.44. The molecule has 2 saturated carbocycles. The van der Waals surface area contributed by atoms with Gasteiger partial charge in [0.25, 0.3) is 0 Å². The zero-order chi connectivity index (χ0) is 8.60. The van der Waals surface area contributed by atoms with Crippen molar-refractivity contribution in [2.24, 2.45) is 11.3 Å². The second-order valence-electron chi connectivity index (χ2n) is 4.84. The maximum absolute atomic E-state index is 11.3. The van der Waals surface area contributed by atoms with Gasteiger partial charge in [0.05, 0.1) is 0 Å². The molecule has 2 fully saturated rings. The van der Waals surface area contributed by atoms with Crippen LogP contribution in [0.25, 0.3) is 0 Å². The normalized spacial score (nSPS) is 42.4. The lowest BCUT2D eigenvalue weighted by atomic mass is 9.60. The van der Waals surface area contributed by atoms with E-state index < -0.39 is 0 Å². The van der Waals surface area contributed by atoms with Crippen LogP contribution in [0.15, 0.2) is 0 Å². The molecule has 2 aliphatic carbocycles. The minimum atomic E-state index is 0.513. The standard InChI is InChI=1S/C11H18O/c1-11-6-3-2-4-9(11)8-10(12)5-7-11/h9H,2-8H2,1H3/t9?,11-/m1/s1. The van der Waals surface area contributed by atoms with E-state index in [9.17, 15) is 4.79 Å². The molecule has 12 heavy (non-hydrogen) atoms. The van der Waals surface area contributed by atoms with Gasteiger partial charge in [-0.3, -0.25) is 4.79 Å². The molecule has 0 bridgehead atoms. The Hall–Kier alpha value is -0.330. The summed E-state index contributed by atoms with van der Waals surface area (Å²) in [5.41, 5.74) is 0.534. The average molecular weight is 166 g/mol. The summed E-state index contributed by atoms with van der Waals surface area (Å²) in [5, 5.41) is 0. The largest absolute Gasteiger partial charge is 0.300 e. The van der Waals surface area contributed by atoms with Gasteiger partial charge in [-0.15, -0.1) is 0 Å². The zero-order valence-electron chi connectivity index (χ0n) is 7.94. The van der Waals surface area contributed by atoms with Gasteiger partial charge in [0, 0.05) is 12.8 Å². The molecule has 0 spiro atoms. The van der Waals surface area contributed by atoms with Gasteiger partial charge < -0.3 is 0 Å². The fraction of sp³-hybridized carbons (Fsp3) is 0.909. The van der Waals surface area contributed by atoms with Crippen molar-refractivity contribution in [2.75, 3.05) is 0 Å². The summed E-state index contributed by atoms with van der Waals surface area (Å²) < 4.78 is 0. The summed E-state index contributed by atoms with van der Waals surface area (Å²) in [4.78, 5) is 11.3. The third-order valence-electron chi connectivity index (χ3n) is 3.99. The molecule has 2 aliphatic rings. The van der Waals surface area contributed by atoms with Gasteiger partial charge in [-0.25, -0.2) is 0 Å². The number of Topliss-reactive ketones (excluding diaryl/α,β-unsaturated/α-hetero) is 1. The molecule has 0 aromatic carbocycles. The first-order valence-corrected chi connectivity index (χ1v) is 5.22. The van der Waals surface area contributed by atoms with E-state index in [1.54, 1.807) is 0 Å². The maximum Gasteiger partial charge on any atom is 0.133 e. The second kappa shape index (κ2) is 2.86. The van der Waals surface area contributed by atoms with Crippen molar-refractivity contribution in [1.82, 2.24) is 0 Å². The molecule has 0 aliphatic heterocycles. The Balaban J connectivity index is 2.11. The second-order valence-corrected chi connectivity index (χ2v) is 4.84. The third kappa shape index (κ3) is 1.30. The van der Waals surface area contributed by atoms with Crippen LogP contribution >= 0.6 is 0 Å². The van der Waals surface area contributed by atoms with Gasteiger partial charge in [0.2, 0.25) is 0 Å². The number of ketones is 1. The molecule has 0 N–H and O–H groups in total. The number of carbonyl (C=O) groups excluding carboxylic acids is 1. The minimum absolute atomic E-state index is 0.513. The fourth-order valence-electron chi connectivity index (χ4n) is 2.95. The Bertz CT molecular complexity index is 197. The first kappa shape index (κ1) is 8.28. The van der Waals surface area contributed by atoms with Crippen molar-refractivity contribution in [3.63, 3.8) is 0 Å². The molecular weight excluding hydrogens is 148 g/mol. The van der Waals surface area contributed by atoms with Crippen LogP contribution in [0.1, 0.15) is 51.9 Å². The monoisotopic (exact) mass is 166 g/mol. The van der Waals surface area contributed by atoms with Gasteiger partial charge in [-0.2, -0.15) is 0 Å². The fourth-order valence-corrected chi connectivity index (χ4v) is 2.95. The Morgan fingerprint density at radius 1 is 1.33 bits per heavy atom. The van der Waals surface area contributed by atoms with Crippen molar-refractivity contribution in [2.45, 2.75) is 51.9 Å². The predicted octanol–water partition coefficient (Wildman–Crippen LogP) is 2.94. The van der Waals surface area contributed by atoms with E-state index in [-0.39, 0.29) is 0 Å². The highest BCUT2D eigenvalue weighted by Gasteiger charge is 2.40. The van der Waals surface area contributed by atoms with E-state index in [0.717, 1.165) is 25.2 Å². The maximum atomic E-state index is 11.3. The molecule has 0 saturated heterocycles. The van der Waals surface area contributed by atoms with E-state index in [1.807, 2.05) is 0 Å². The Kier molecular flexibility index (Phi) is 1.97. The van der Waals surface area contributed by atoms with Gasteiger partial charge >= 0.3 is 0 Å². The summed E-state index contributed by atoms with van der Waals surface area (Å²) in [6.45, 7) is 2.39. The van der Waals surface area contributed by atoms with Crippen LogP contribution in [0.5, 0.6) is 0 Å². The SMILES string of the molecule is C[C@]12CCCCC1CC(=O)CC2. The van der Waals surface area contributed by atoms with Crippen LogP contribution in [-0.4, -0.2) is 5.78 Å². The molecule has 1 heteroatoms. The zero-order valence-corrected chi connectivity index (χ0v) is 7.94. The van der Waals surface area contributed by atoms with E-state index in [0.29, 0.717) is 11.2 Å². The lowest BCUT2D eigenvalue weighted by molar-refractivity contribution is -0.125. The van der Waals surface area contributed by atoms with E-state index in [4.69, 9.17) is 0 Å². The summed E-state index contributed by atoms with van der Waals surface area (Å²) in [6.07, 6.45) is 8.32. The minimum Gasteiger partial charge on any atom is -0.300 e. The highest BCUT2D eigenvalue weighted by atomic mass is 16.1. The van der Waals surface area contributed by atoms with Gasteiger partial charge in [0.1, 0.15) is 5.78 Å². The van der Waals surface area contributed by atoms with Crippen molar-refractivity contribution in [3.8, 4) is 0 Å². The number of hydrogen-bond acceptors (Lipinski definition) is 1. The highest BCUT2D eigenvalue weighted by Crippen LogP contribution is 2.48. The molecule has 0 heterocycles. The smallest absolute Gasteiger partial charge is 0.133 e. The van der Waals surface area contributed by atoms with Crippen molar-refractivity contribution in [3.05, 3.63) is 0 Å². The summed E-state index contributed by atoms with van der Waals surface area (Å²) in [5.74, 6) is 1.24. The van der Waals surface area contributed by atoms with Crippen LogP contribution in [0.3, 0.4) is 0 Å². The first-order chi connectivity index (χ1) is 5.71. The number of fused-ring (bicyclic) bond motifs is 1. The van der Waals surface area contributed by atoms with Crippen molar-refractivity contribution < 1.29 is 4.79 Å². The number of hydrogen-bond donors (Lipinski definition) is 0. The van der Waals surface area contributed by atoms with Crippen molar-refractivity contribution >= 4 is 5.78 Å². The average Bonchev–Trinajstić information content (AvgIpc) is 2.06. The molecule has 0 radical (unpaired) electrons. The van der Waals surface area contributed by atoms with Gasteiger partial charge in [-0.1, -0.05) is 19.8 Å². The Morgan fingerprint density at radius 2 is 2.17 bits per heavy atom. The first-order valence-electron chi connectivity index (χ1n) is 5.22. The number of rotatable bonds is 0. The number of carbonyl (C=O) groups is 1. The lowest BCUT2D eigenvalue weighted by Crippen LogP contribution is -2.36.